The van der Waals surface area contributed by atoms with Crippen molar-refractivity contribution in [2.24, 2.45) is 11.7 Å². The first-order chi connectivity index (χ1) is 12.8. The molecule has 0 unspecified atom stereocenters. The first kappa shape index (κ1) is 23.6. The van der Waals surface area contributed by atoms with Crippen molar-refractivity contribution in [1.82, 2.24) is 0 Å². The Balaban J connectivity index is 0.000000696. The Hall–Kier alpha value is -2.39. The Bertz CT molecular complexity index is 886. The lowest BCUT2D eigenvalue weighted by Crippen LogP contribution is -2.20. The number of hydrogen-bond acceptors (Lipinski definition) is 3. The number of rotatable bonds is 5. The topological polar surface area (TPSA) is 97.5 Å². The van der Waals surface area contributed by atoms with Gasteiger partial charge in [-0.2, -0.15) is 21.6 Å². The van der Waals surface area contributed by atoms with Gasteiger partial charge in [-0.1, -0.05) is 43.3 Å². The molecule has 5 nitrogen and oxygen atoms in total. The molecule has 0 spiro atoms. The average Bonchev–Trinajstić information content (AvgIpc) is 2.58. The summed E-state index contributed by atoms with van der Waals surface area (Å²) in [6.07, 6.45) is -2.28. The van der Waals surface area contributed by atoms with Gasteiger partial charge in [0.15, 0.2) is 0 Å². The number of carbonyl (C=O) groups excluding carboxylic acids is 1. The van der Waals surface area contributed by atoms with Crippen molar-refractivity contribution in [3.63, 3.8) is 0 Å². The maximum absolute atomic E-state index is 12.8. The first-order valence-corrected chi connectivity index (χ1v) is 10.1. The summed E-state index contributed by atoms with van der Waals surface area (Å²) in [4.78, 5) is 11.0. The number of amides is 1. The molecular weight excluding hydrogens is 395 g/mol. The Morgan fingerprint density at radius 1 is 1.11 bits per heavy atom. The molecule has 0 radical (unpaired) electrons. The van der Waals surface area contributed by atoms with E-state index in [0.29, 0.717) is 24.7 Å². The number of alkyl halides is 3. The number of hydrogen-bond donors (Lipinski definition) is 2. The van der Waals surface area contributed by atoms with Crippen molar-refractivity contribution in [2.75, 3.05) is 6.26 Å². The highest BCUT2D eigenvalue weighted by atomic mass is 32.2. The molecule has 0 fully saturated rings. The van der Waals surface area contributed by atoms with E-state index in [2.05, 4.69) is 0 Å². The molecule has 1 atom stereocenters. The standard InChI is InChI=1S/C18H18F3NO.CH4O3S/c1-12(17(22)23)5-6-13-7-9-14(10-8-13)15-3-2-4-16(11-15)18(19,20)21;1-5(2,3)4/h2-4,7-12H,5-6H2,1H3,(H2,22,23);1H3,(H,2,3,4)/t12-;/m1./s1. The molecule has 2 aromatic carbocycles. The maximum atomic E-state index is 12.8. The minimum absolute atomic E-state index is 0.196. The van der Waals surface area contributed by atoms with Crippen molar-refractivity contribution >= 4 is 16.0 Å². The number of aryl methyl sites for hydroxylation is 1. The quantitative estimate of drug-likeness (QED) is 0.721. The van der Waals surface area contributed by atoms with Crippen LogP contribution >= 0.6 is 0 Å². The molecule has 9 heteroatoms. The van der Waals surface area contributed by atoms with Crippen LogP contribution in [0.25, 0.3) is 11.1 Å². The third kappa shape index (κ3) is 9.01. The van der Waals surface area contributed by atoms with Gasteiger partial charge in [-0.15, -0.1) is 0 Å². The lowest BCUT2D eigenvalue weighted by atomic mass is 9.97. The fraction of sp³-hybridized carbons (Fsp3) is 0.316. The first-order valence-electron chi connectivity index (χ1n) is 8.25. The van der Waals surface area contributed by atoms with Crippen LogP contribution in [-0.2, 0) is 27.5 Å². The minimum Gasteiger partial charge on any atom is -0.369 e. The van der Waals surface area contributed by atoms with Crippen LogP contribution in [0.2, 0.25) is 0 Å². The number of carbonyl (C=O) groups is 1. The lowest BCUT2D eigenvalue weighted by Gasteiger charge is -2.10. The molecule has 0 aliphatic heterocycles. The second kappa shape index (κ2) is 9.70. The summed E-state index contributed by atoms with van der Waals surface area (Å²) >= 11 is 0. The van der Waals surface area contributed by atoms with Crippen molar-refractivity contribution in [1.29, 1.82) is 0 Å². The van der Waals surface area contributed by atoms with Gasteiger partial charge in [-0.25, -0.2) is 0 Å². The van der Waals surface area contributed by atoms with E-state index in [0.717, 1.165) is 23.3 Å². The average molecular weight is 417 g/mol. The smallest absolute Gasteiger partial charge is 0.369 e. The largest absolute Gasteiger partial charge is 0.416 e. The number of nitrogens with two attached hydrogens (primary N) is 1. The third-order valence-corrected chi connectivity index (χ3v) is 3.83. The van der Waals surface area contributed by atoms with Crippen LogP contribution in [0.1, 0.15) is 24.5 Å². The molecule has 0 saturated carbocycles. The fourth-order valence-electron chi connectivity index (χ4n) is 2.26. The van der Waals surface area contributed by atoms with Crippen LogP contribution in [0.15, 0.2) is 48.5 Å². The fourth-order valence-corrected chi connectivity index (χ4v) is 2.26. The zero-order valence-corrected chi connectivity index (χ0v) is 16.2. The monoisotopic (exact) mass is 417 g/mol. The third-order valence-electron chi connectivity index (χ3n) is 3.83. The Morgan fingerprint density at radius 3 is 2.11 bits per heavy atom. The number of halogens is 3. The summed E-state index contributed by atoms with van der Waals surface area (Å²) in [6.45, 7) is 1.78. The summed E-state index contributed by atoms with van der Waals surface area (Å²) in [7, 11) is -3.67. The summed E-state index contributed by atoms with van der Waals surface area (Å²) < 4.78 is 64.1. The summed E-state index contributed by atoms with van der Waals surface area (Å²) in [6, 6.07) is 12.6. The van der Waals surface area contributed by atoms with Crippen molar-refractivity contribution in [2.45, 2.75) is 25.9 Å². The van der Waals surface area contributed by atoms with Crippen molar-refractivity contribution in [3.8, 4) is 11.1 Å². The van der Waals surface area contributed by atoms with Crippen molar-refractivity contribution < 1.29 is 30.9 Å². The molecule has 1 amide bonds. The van der Waals surface area contributed by atoms with Gasteiger partial charge in [0.1, 0.15) is 0 Å². The molecule has 0 bridgehead atoms. The van der Waals surface area contributed by atoms with Gasteiger partial charge in [0, 0.05) is 5.92 Å². The summed E-state index contributed by atoms with van der Waals surface area (Å²) in [5, 5.41) is 0. The highest BCUT2D eigenvalue weighted by Gasteiger charge is 2.30. The van der Waals surface area contributed by atoms with Gasteiger partial charge in [0.05, 0.1) is 11.8 Å². The molecule has 0 aromatic heterocycles. The zero-order chi connectivity index (χ0) is 21.5. The predicted octanol–water partition coefficient (Wildman–Crippen LogP) is 3.93. The number of primary amides is 1. The minimum atomic E-state index is -4.35. The normalized spacial score (nSPS) is 12.6. The Labute approximate surface area is 162 Å². The molecule has 2 aromatic rings. The molecule has 0 aliphatic rings. The van der Waals surface area contributed by atoms with Crippen LogP contribution in [0.3, 0.4) is 0 Å². The summed E-state index contributed by atoms with van der Waals surface area (Å²) in [5.74, 6) is -0.524. The van der Waals surface area contributed by atoms with Gasteiger partial charge in [-0.3, -0.25) is 9.35 Å². The van der Waals surface area contributed by atoms with Gasteiger partial charge >= 0.3 is 6.18 Å². The molecule has 28 heavy (non-hydrogen) atoms. The van der Waals surface area contributed by atoms with Gasteiger partial charge in [-0.05, 0) is 41.7 Å². The van der Waals surface area contributed by atoms with E-state index in [1.165, 1.54) is 6.07 Å². The molecule has 154 valence electrons. The van der Waals surface area contributed by atoms with E-state index in [4.69, 9.17) is 10.3 Å². The molecular formula is C19H22F3NO4S. The molecule has 0 saturated heterocycles. The van der Waals surface area contributed by atoms with E-state index in [1.54, 1.807) is 25.1 Å². The lowest BCUT2D eigenvalue weighted by molar-refractivity contribution is -0.137. The highest BCUT2D eigenvalue weighted by Crippen LogP contribution is 2.32. The van der Waals surface area contributed by atoms with Crippen LogP contribution < -0.4 is 5.73 Å². The van der Waals surface area contributed by atoms with E-state index >= 15 is 0 Å². The van der Waals surface area contributed by atoms with Crippen LogP contribution in [0.4, 0.5) is 13.2 Å². The second-order valence-corrected chi connectivity index (χ2v) is 7.82. The SMILES string of the molecule is CS(=O)(=O)O.C[C@H](CCc1ccc(-c2cccc(C(F)(F)F)c2)cc1)C(N)=O. The van der Waals surface area contributed by atoms with E-state index in [-0.39, 0.29) is 11.8 Å². The molecule has 0 heterocycles. The van der Waals surface area contributed by atoms with E-state index < -0.39 is 21.9 Å². The van der Waals surface area contributed by atoms with Gasteiger partial charge < -0.3 is 5.73 Å². The van der Waals surface area contributed by atoms with E-state index in [1.807, 2.05) is 12.1 Å². The second-order valence-electron chi connectivity index (χ2n) is 6.35. The van der Waals surface area contributed by atoms with Crippen LogP contribution in [0, 0.1) is 5.92 Å². The molecule has 2 rings (SSSR count). The van der Waals surface area contributed by atoms with Gasteiger partial charge in [0.2, 0.25) is 5.91 Å². The van der Waals surface area contributed by atoms with Gasteiger partial charge in [0.25, 0.3) is 10.1 Å². The molecule has 0 aliphatic carbocycles. The maximum Gasteiger partial charge on any atom is 0.416 e. The van der Waals surface area contributed by atoms with Crippen LogP contribution in [0.5, 0.6) is 0 Å². The highest BCUT2D eigenvalue weighted by molar-refractivity contribution is 7.85. The Morgan fingerprint density at radius 2 is 1.64 bits per heavy atom. The summed E-state index contributed by atoms with van der Waals surface area (Å²) in [5.41, 5.74) is 6.83. The number of benzene rings is 2. The molecule has 3 N–H and O–H groups in total. The Kier molecular flexibility index (Phi) is 8.19. The van der Waals surface area contributed by atoms with Crippen molar-refractivity contribution in [3.05, 3.63) is 59.7 Å². The predicted molar refractivity (Wildman–Crippen MR) is 101 cm³/mol. The van der Waals surface area contributed by atoms with E-state index in [9.17, 15) is 26.4 Å². The zero-order valence-electron chi connectivity index (χ0n) is 15.4. The van der Waals surface area contributed by atoms with Crippen LogP contribution in [-0.4, -0.2) is 25.1 Å².